The Balaban J connectivity index is 1.38. The number of nitrogens with one attached hydrogen (secondary N) is 3. The van der Waals surface area contributed by atoms with E-state index in [1.165, 1.54) is 0 Å². The zero-order chi connectivity index (χ0) is 20.4. The minimum atomic E-state index is -0.585. The summed E-state index contributed by atoms with van der Waals surface area (Å²) in [6.07, 6.45) is 2.54. The Morgan fingerprint density at radius 3 is 2.72 bits per heavy atom. The number of hydrogen-bond acceptors (Lipinski definition) is 6. The summed E-state index contributed by atoms with van der Waals surface area (Å²) in [5.41, 5.74) is 2.55. The molecule has 0 radical (unpaired) electrons. The van der Waals surface area contributed by atoms with Gasteiger partial charge in [-0.3, -0.25) is 19.7 Å². The molecule has 1 aromatic carbocycles. The minimum Gasteiger partial charge on any atom is -0.396 e. The zero-order valence-corrected chi connectivity index (χ0v) is 16.5. The molecule has 3 heterocycles. The van der Waals surface area contributed by atoms with E-state index in [1.807, 2.05) is 18.2 Å². The van der Waals surface area contributed by atoms with E-state index < -0.39 is 6.04 Å². The van der Waals surface area contributed by atoms with Gasteiger partial charge in [0.05, 0.1) is 6.61 Å². The second kappa shape index (κ2) is 8.22. The van der Waals surface area contributed by atoms with Crippen LogP contribution in [0, 0.1) is 5.41 Å². The van der Waals surface area contributed by atoms with Gasteiger partial charge in [-0.05, 0) is 49.5 Å². The Hall–Kier alpha value is -2.29. The zero-order valence-electron chi connectivity index (χ0n) is 16.5. The van der Waals surface area contributed by atoms with Crippen molar-refractivity contribution < 1.29 is 19.5 Å². The number of aliphatic hydroxyl groups excluding tert-OH is 1. The fourth-order valence-corrected chi connectivity index (χ4v) is 4.56. The molecule has 0 aliphatic carbocycles. The Bertz CT molecular complexity index is 819. The van der Waals surface area contributed by atoms with Crippen LogP contribution in [0.15, 0.2) is 18.2 Å². The molecule has 0 aromatic heterocycles. The number of imide groups is 1. The maximum absolute atomic E-state index is 12.7. The van der Waals surface area contributed by atoms with E-state index in [-0.39, 0.29) is 36.2 Å². The van der Waals surface area contributed by atoms with E-state index in [0.717, 1.165) is 43.6 Å². The number of hydrogen-bond donors (Lipinski definition) is 4. The highest BCUT2D eigenvalue weighted by atomic mass is 16.3. The Kier molecular flexibility index (Phi) is 5.67. The molecule has 4 rings (SSSR count). The summed E-state index contributed by atoms with van der Waals surface area (Å²) < 4.78 is 0. The maximum atomic E-state index is 12.7. The first-order valence-electron chi connectivity index (χ1n) is 10.3. The summed E-state index contributed by atoms with van der Waals surface area (Å²) in [5.74, 6) is -0.818. The third-order valence-corrected chi connectivity index (χ3v) is 6.42. The molecule has 8 heteroatoms. The van der Waals surface area contributed by atoms with Gasteiger partial charge >= 0.3 is 0 Å². The molecular formula is C21H28N4O4. The van der Waals surface area contributed by atoms with Gasteiger partial charge in [0.1, 0.15) is 6.04 Å². The molecule has 156 valence electrons. The van der Waals surface area contributed by atoms with Crippen LogP contribution in [-0.2, 0) is 22.7 Å². The van der Waals surface area contributed by atoms with Gasteiger partial charge in [-0.2, -0.15) is 0 Å². The SMILES string of the molecule is O=C1CCC(N2Cc3cc(CNCC4(CO)CCNCC4)ccc3C2=O)C(=O)N1. The van der Waals surface area contributed by atoms with E-state index >= 15 is 0 Å². The second-order valence-electron chi connectivity index (χ2n) is 8.40. The van der Waals surface area contributed by atoms with E-state index in [2.05, 4.69) is 16.0 Å². The molecule has 3 aliphatic rings. The fourth-order valence-electron chi connectivity index (χ4n) is 4.56. The number of aliphatic hydroxyl groups is 1. The number of fused-ring (bicyclic) bond motifs is 1. The Labute approximate surface area is 170 Å². The number of carbonyl (C=O) groups is 3. The first-order valence-corrected chi connectivity index (χ1v) is 10.3. The monoisotopic (exact) mass is 400 g/mol. The van der Waals surface area contributed by atoms with E-state index in [1.54, 1.807) is 4.90 Å². The van der Waals surface area contributed by atoms with Gasteiger partial charge in [-0.15, -0.1) is 0 Å². The number of carbonyl (C=O) groups excluding carboxylic acids is 3. The molecule has 3 amide bonds. The van der Waals surface area contributed by atoms with Crippen LogP contribution in [0.3, 0.4) is 0 Å². The van der Waals surface area contributed by atoms with Crippen LogP contribution in [0.4, 0.5) is 0 Å². The highest BCUT2D eigenvalue weighted by Gasteiger charge is 2.39. The summed E-state index contributed by atoms with van der Waals surface area (Å²) in [6.45, 7) is 3.85. The van der Waals surface area contributed by atoms with Crippen molar-refractivity contribution in [1.29, 1.82) is 0 Å². The van der Waals surface area contributed by atoms with Crippen molar-refractivity contribution in [2.24, 2.45) is 5.41 Å². The quantitative estimate of drug-likeness (QED) is 0.497. The minimum absolute atomic E-state index is 0.0689. The lowest BCUT2D eigenvalue weighted by Crippen LogP contribution is -2.52. The van der Waals surface area contributed by atoms with Gasteiger partial charge in [0.15, 0.2) is 0 Å². The first kappa shape index (κ1) is 20.0. The van der Waals surface area contributed by atoms with Crippen LogP contribution in [0.25, 0.3) is 0 Å². The standard InChI is InChI=1S/C21H28N4O4/c26-13-21(5-7-22-8-6-21)12-23-10-14-1-2-16-15(9-14)11-25(20(16)29)17-3-4-18(27)24-19(17)28/h1-2,9,17,22-23,26H,3-8,10-13H2,(H,24,27,28). The molecule has 1 unspecified atom stereocenters. The highest BCUT2D eigenvalue weighted by Crippen LogP contribution is 2.29. The molecule has 1 aromatic rings. The van der Waals surface area contributed by atoms with Gasteiger partial charge < -0.3 is 20.6 Å². The summed E-state index contributed by atoms with van der Waals surface area (Å²) in [7, 11) is 0. The van der Waals surface area contributed by atoms with Crippen molar-refractivity contribution >= 4 is 17.7 Å². The topological polar surface area (TPSA) is 111 Å². The highest BCUT2D eigenvalue weighted by molar-refractivity contribution is 6.05. The van der Waals surface area contributed by atoms with Gasteiger partial charge in [-0.1, -0.05) is 12.1 Å². The van der Waals surface area contributed by atoms with Crippen LogP contribution in [0.2, 0.25) is 0 Å². The van der Waals surface area contributed by atoms with Gasteiger partial charge in [0.25, 0.3) is 5.91 Å². The molecule has 0 saturated carbocycles. The molecule has 3 aliphatic heterocycles. The molecule has 2 saturated heterocycles. The van der Waals surface area contributed by atoms with Crippen LogP contribution in [0.5, 0.6) is 0 Å². The summed E-state index contributed by atoms with van der Waals surface area (Å²) in [4.78, 5) is 37.8. The van der Waals surface area contributed by atoms with E-state index in [0.29, 0.717) is 25.1 Å². The predicted molar refractivity (Wildman–Crippen MR) is 106 cm³/mol. The third-order valence-electron chi connectivity index (χ3n) is 6.42. The van der Waals surface area contributed by atoms with Gasteiger partial charge in [0, 0.05) is 37.0 Å². The molecule has 1 atom stereocenters. The van der Waals surface area contributed by atoms with Crippen LogP contribution < -0.4 is 16.0 Å². The predicted octanol–water partition coefficient (Wildman–Crippen LogP) is -0.101. The summed E-state index contributed by atoms with van der Waals surface area (Å²) in [6, 6.07) is 5.19. The molecule has 4 N–H and O–H groups in total. The number of nitrogens with zero attached hydrogens (tertiary/aromatic N) is 1. The Morgan fingerprint density at radius 2 is 2.00 bits per heavy atom. The number of benzene rings is 1. The summed E-state index contributed by atoms with van der Waals surface area (Å²) >= 11 is 0. The third kappa shape index (κ3) is 4.05. The van der Waals surface area contributed by atoms with Gasteiger partial charge in [-0.25, -0.2) is 0 Å². The van der Waals surface area contributed by atoms with Crippen molar-refractivity contribution in [3.63, 3.8) is 0 Å². The average molecular weight is 400 g/mol. The molecule has 29 heavy (non-hydrogen) atoms. The Morgan fingerprint density at radius 1 is 1.21 bits per heavy atom. The van der Waals surface area contributed by atoms with Crippen LogP contribution >= 0.6 is 0 Å². The van der Waals surface area contributed by atoms with E-state index in [4.69, 9.17) is 0 Å². The van der Waals surface area contributed by atoms with Crippen molar-refractivity contribution in [3.8, 4) is 0 Å². The van der Waals surface area contributed by atoms with Crippen molar-refractivity contribution in [1.82, 2.24) is 20.9 Å². The van der Waals surface area contributed by atoms with Crippen LogP contribution in [0.1, 0.15) is 47.2 Å². The van der Waals surface area contributed by atoms with E-state index in [9.17, 15) is 19.5 Å². The molecule has 8 nitrogen and oxygen atoms in total. The average Bonchev–Trinajstić information content (AvgIpc) is 3.04. The largest absolute Gasteiger partial charge is 0.396 e. The summed E-state index contributed by atoms with van der Waals surface area (Å²) in [5, 5.41) is 18.9. The lowest BCUT2D eigenvalue weighted by Gasteiger charge is -2.36. The normalized spacial score (nSPS) is 23.8. The van der Waals surface area contributed by atoms with Crippen molar-refractivity contribution in [2.45, 2.75) is 44.8 Å². The molecule has 2 fully saturated rings. The number of piperidine rings is 2. The van der Waals surface area contributed by atoms with Crippen molar-refractivity contribution in [2.75, 3.05) is 26.2 Å². The fraction of sp³-hybridized carbons (Fsp3) is 0.571. The smallest absolute Gasteiger partial charge is 0.255 e. The molecular weight excluding hydrogens is 372 g/mol. The molecule has 0 bridgehead atoms. The van der Waals surface area contributed by atoms with Crippen LogP contribution in [-0.4, -0.2) is 60.0 Å². The lowest BCUT2D eigenvalue weighted by molar-refractivity contribution is -0.136. The number of rotatable bonds is 6. The maximum Gasteiger partial charge on any atom is 0.255 e. The second-order valence-corrected chi connectivity index (χ2v) is 8.40. The van der Waals surface area contributed by atoms with Crippen molar-refractivity contribution in [3.05, 3.63) is 34.9 Å². The first-order chi connectivity index (χ1) is 14.0. The van der Waals surface area contributed by atoms with Gasteiger partial charge in [0.2, 0.25) is 11.8 Å². The number of amides is 3. The molecule has 0 spiro atoms. The lowest BCUT2D eigenvalue weighted by atomic mass is 9.79.